The van der Waals surface area contributed by atoms with Crippen LogP contribution in [0.25, 0.3) is 0 Å². The lowest BCUT2D eigenvalue weighted by Gasteiger charge is -2.10. The van der Waals surface area contributed by atoms with Crippen molar-refractivity contribution in [2.45, 2.75) is 19.7 Å². The summed E-state index contributed by atoms with van der Waals surface area (Å²) >= 11 is 3.22. The fourth-order valence-electron chi connectivity index (χ4n) is 1.24. The second kappa shape index (κ2) is 7.37. The molecule has 0 bridgehead atoms. The third kappa shape index (κ3) is 5.96. The summed E-state index contributed by atoms with van der Waals surface area (Å²) in [6.07, 6.45) is -3.90. The van der Waals surface area contributed by atoms with Gasteiger partial charge in [-0.3, -0.25) is 0 Å². The highest BCUT2D eigenvalue weighted by atomic mass is 79.9. The molecule has 0 amide bonds. The van der Waals surface area contributed by atoms with Gasteiger partial charge in [0.25, 0.3) is 0 Å². The average molecular weight is 340 g/mol. The van der Waals surface area contributed by atoms with Gasteiger partial charge in [-0.1, -0.05) is 40.1 Å². The van der Waals surface area contributed by atoms with Crippen molar-refractivity contribution in [3.63, 3.8) is 0 Å². The predicted octanol–water partition coefficient (Wildman–Crippen LogP) is 4.11. The van der Waals surface area contributed by atoms with E-state index in [0.29, 0.717) is 23.2 Å². The number of ether oxygens (including phenoxy) is 1. The lowest BCUT2D eigenvalue weighted by molar-refractivity contribution is -0.274. The monoisotopic (exact) mass is 339 g/mol. The van der Waals surface area contributed by atoms with E-state index >= 15 is 0 Å². The third-order valence-electron chi connectivity index (χ3n) is 2.00. The van der Waals surface area contributed by atoms with E-state index in [4.69, 9.17) is 4.84 Å². The maximum Gasteiger partial charge on any atom is 0.573 e. The van der Waals surface area contributed by atoms with Crippen molar-refractivity contribution in [1.82, 2.24) is 0 Å². The number of hydrogen-bond acceptors (Lipinski definition) is 3. The van der Waals surface area contributed by atoms with Gasteiger partial charge in [0.1, 0.15) is 12.4 Å². The maximum atomic E-state index is 12.1. The van der Waals surface area contributed by atoms with Crippen LogP contribution in [0.5, 0.6) is 5.75 Å². The first-order valence-electron chi connectivity index (χ1n) is 5.57. The van der Waals surface area contributed by atoms with Gasteiger partial charge in [0.2, 0.25) is 0 Å². The molecule has 0 aliphatic carbocycles. The first-order valence-corrected chi connectivity index (χ1v) is 6.69. The Labute approximate surface area is 117 Å². The Bertz CT molecular complexity index is 435. The summed E-state index contributed by atoms with van der Waals surface area (Å²) in [6, 6.07) is 5.60. The first-order chi connectivity index (χ1) is 8.96. The lowest BCUT2D eigenvalue weighted by atomic mass is 10.1. The van der Waals surface area contributed by atoms with Gasteiger partial charge in [0, 0.05) is 10.9 Å². The normalized spacial score (nSPS) is 12.4. The van der Waals surface area contributed by atoms with Crippen LogP contribution >= 0.6 is 15.9 Å². The zero-order valence-electron chi connectivity index (χ0n) is 10.2. The molecule has 0 spiro atoms. The van der Waals surface area contributed by atoms with E-state index in [9.17, 15) is 13.2 Å². The molecule has 0 radical (unpaired) electrons. The number of oxime groups is 1. The summed E-state index contributed by atoms with van der Waals surface area (Å²) in [6.45, 7) is 2.39. The molecule has 7 heteroatoms. The molecule has 0 heterocycles. The molecular weight excluding hydrogens is 327 g/mol. The molecule has 0 atom stereocenters. The van der Waals surface area contributed by atoms with Crippen molar-refractivity contribution in [2.75, 3.05) is 11.9 Å². The Morgan fingerprint density at radius 3 is 2.68 bits per heavy atom. The van der Waals surface area contributed by atoms with Gasteiger partial charge >= 0.3 is 6.36 Å². The fraction of sp³-hybridized carbons (Fsp3) is 0.417. The van der Waals surface area contributed by atoms with Crippen LogP contribution in [0.15, 0.2) is 29.4 Å². The van der Waals surface area contributed by atoms with Crippen molar-refractivity contribution in [3.8, 4) is 5.75 Å². The molecule has 3 nitrogen and oxygen atoms in total. The molecular formula is C12H13BrF3NO2. The van der Waals surface area contributed by atoms with E-state index in [1.165, 1.54) is 18.2 Å². The van der Waals surface area contributed by atoms with Crippen molar-refractivity contribution in [1.29, 1.82) is 0 Å². The van der Waals surface area contributed by atoms with E-state index in [2.05, 4.69) is 25.8 Å². The standard InChI is InChI=1S/C12H13BrF3NO2/c1-2-6-18-17-11(8-13)9-4-3-5-10(7-9)19-12(14,15)16/h3-5,7H,2,6,8H2,1H3. The summed E-state index contributed by atoms with van der Waals surface area (Å²) in [5.41, 5.74) is 1.01. The van der Waals surface area contributed by atoms with Crippen molar-refractivity contribution >= 4 is 21.6 Å². The van der Waals surface area contributed by atoms with Crippen LogP contribution in [0.2, 0.25) is 0 Å². The molecule has 0 unspecified atom stereocenters. The summed E-state index contributed by atoms with van der Waals surface area (Å²) in [5.74, 6) is -0.283. The zero-order chi connectivity index (χ0) is 14.3. The van der Waals surface area contributed by atoms with E-state index in [-0.39, 0.29) is 5.75 Å². The highest BCUT2D eigenvalue weighted by Gasteiger charge is 2.31. The van der Waals surface area contributed by atoms with E-state index < -0.39 is 6.36 Å². The topological polar surface area (TPSA) is 30.8 Å². The highest BCUT2D eigenvalue weighted by Crippen LogP contribution is 2.23. The quantitative estimate of drug-likeness (QED) is 0.338. The molecule has 0 saturated carbocycles. The minimum absolute atomic E-state index is 0.283. The second-order valence-electron chi connectivity index (χ2n) is 3.58. The Hall–Kier alpha value is -1.24. The number of nitrogens with zero attached hydrogens (tertiary/aromatic N) is 1. The van der Waals surface area contributed by atoms with Gasteiger partial charge < -0.3 is 9.57 Å². The molecule has 0 aromatic heterocycles. The van der Waals surface area contributed by atoms with Crippen LogP contribution in [0.3, 0.4) is 0 Å². The Morgan fingerprint density at radius 2 is 2.11 bits per heavy atom. The SMILES string of the molecule is CCCON=C(CBr)c1cccc(OC(F)(F)F)c1. The molecule has 1 aromatic rings. The van der Waals surface area contributed by atoms with Gasteiger partial charge in [-0.2, -0.15) is 0 Å². The van der Waals surface area contributed by atoms with Crippen LogP contribution in [-0.4, -0.2) is 24.0 Å². The van der Waals surface area contributed by atoms with E-state index in [0.717, 1.165) is 6.42 Å². The van der Waals surface area contributed by atoms with Gasteiger partial charge in [0.05, 0.1) is 5.71 Å². The smallest absolute Gasteiger partial charge is 0.406 e. The zero-order valence-corrected chi connectivity index (χ0v) is 11.8. The minimum atomic E-state index is -4.71. The minimum Gasteiger partial charge on any atom is -0.406 e. The van der Waals surface area contributed by atoms with Gasteiger partial charge in [-0.05, 0) is 18.6 Å². The third-order valence-corrected chi connectivity index (χ3v) is 2.53. The molecule has 0 saturated heterocycles. The second-order valence-corrected chi connectivity index (χ2v) is 4.14. The Kier molecular flexibility index (Phi) is 6.14. The van der Waals surface area contributed by atoms with E-state index in [1.54, 1.807) is 6.07 Å². The predicted molar refractivity (Wildman–Crippen MR) is 69.7 cm³/mol. The molecule has 106 valence electrons. The lowest BCUT2D eigenvalue weighted by Crippen LogP contribution is -2.17. The molecule has 1 rings (SSSR count). The van der Waals surface area contributed by atoms with Gasteiger partial charge in [-0.25, -0.2) is 0 Å². The van der Waals surface area contributed by atoms with Crippen LogP contribution in [0.4, 0.5) is 13.2 Å². The van der Waals surface area contributed by atoms with Crippen LogP contribution < -0.4 is 4.74 Å². The molecule has 19 heavy (non-hydrogen) atoms. The van der Waals surface area contributed by atoms with Crippen LogP contribution in [-0.2, 0) is 4.84 Å². The number of benzene rings is 1. The van der Waals surface area contributed by atoms with Crippen molar-refractivity contribution < 1.29 is 22.7 Å². The summed E-state index contributed by atoms with van der Waals surface area (Å²) in [7, 11) is 0. The van der Waals surface area contributed by atoms with Crippen molar-refractivity contribution in [2.24, 2.45) is 5.16 Å². The fourth-order valence-corrected chi connectivity index (χ4v) is 1.67. The van der Waals surface area contributed by atoms with E-state index in [1.807, 2.05) is 6.92 Å². The van der Waals surface area contributed by atoms with Gasteiger partial charge in [0.15, 0.2) is 0 Å². The molecule has 0 aliphatic rings. The van der Waals surface area contributed by atoms with Crippen LogP contribution in [0.1, 0.15) is 18.9 Å². The summed E-state index contributed by atoms with van der Waals surface area (Å²) in [5, 5.41) is 4.24. The number of halogens is 4. The summed E-state index contributed by atoms with van der Waals surface area (Å²) < 4.78 is 40.2. The molecule has 0 N–H and O–H groups in total. The Balaban J connectivity index is 2.87. The number of rotatable bonds is 6. The van der Waals surface area contributed by atoms with Gasteiger partial charge in [-0.15, -0.1) is 13.2 Å². The number of alkyl halides is 4. The number of hydrogen-bond donors (Lipinski definition) is 0. The largest absolute Gasteiger partial charge is 0.573 e. The van der Waals surface area contributed by atoms with Crippen molar-refractivity contribution in [3.05, 3.63) is 29.8 Å². The molecule has 0 aliphatic heterocycles. The first kappa shape index (κ1) is 15.8. The molecule has 1 aromatic carbocycles. The molecule has 0 fully saturated rings. The summed E-state index contributed by atoms with van der Waals surface area (Å²) in [4.78, 5) is 5.03. The van der Waals surface area contributed by atoms with Crippen LogP contribution in [0, 0.1) is 0 Å². The highest BCUT2D eigenvalue weighted by molar-refractivity contribution is 9.09. The Morgan fingerprint density at radius 1 is 1.37 bits per heavy atom. The maximum absolute atomic E-state index is 12.1. The average Bonchev–Trinajstić information content (AvgIpc) is 2.33.